The molecule has 0 fully saturated rings. The maximum absolute atomic E-state index is 12.0. The van der Waals surface area contributed by atoms with Crippen LogP contribution < -0.4 is 0 Å². The summed E-state index contributed by atoms with van der Waals surface area (Å²) < 4.78 is 1.78. The Morgan fingerprint density at radius 2 is 2.21 bits per heavy atom. The third-order valence-electron chi connectivity index (χ3n) is 2.28. The van der Waals surface area contributed by atoms with Gasteiger partial charge < -0.3 is 4.90 Å². The molecule has 2 aromatic heterocycles. The van der Waals surface area contributed by atoms with Crippen molar-refractivity contribution in [1.29, 1.82) is 0 Å². The minimum atomic E-state index is 0.110. The van der Waals surface area contributed by atoms with Crippen molar-refractivity contribution in [3.63, 3.8) is 0 Å². The molecule has 2 aromatic rings. The van der Waals surface area contributed by atoms with Crippen LogP contribution in [0.4, 0.5) is 0 Å². The lowest BCUT2D eigenvalue weighted by atomic mass is 10.4. The molecule has 2 heterocycles. The first-order valence-electron chi connectivity index (χ1n) is 5.45. The molecule has 0 saturated heterocycles. The third-order valence-corrected chi connectivity index (χ3v) is 6.16. The molecule has 0 unspecified atom stereocenters. The van der Waals surface area contributed by atoms with Crippen LogP contribution in [-0.4, -0.2) is 40.1 Å². The van der Waals surface area contributed by atoms with Crippen LogP contribution in [0, 0.1) is 0 Å². The van der Waals surface area contributed by atoms with Gasteiger partial charge in [0, 0.05) is 11.9 Å². The van der Waals surface area contributed by atoms with E-state index in [1.807, 2.05) is 30.8 Å². The van der Waals surface area contributed by atoms with E-state index in [-0.39, 0.29) is 5.91 Å². The van der Waals surface area contributed by atoms with Crippen LogP contribution in [0.1, 0.15) is 4.88 Å². The predicted octanol–water partition coefficient (Wildman–Crippen LogP) is 3.07. The number of thiophene rings is 1. The summed E-state index contributed by atoms with van der Waals surface area (Å²) in [5, 5.41) is 10.1. The van der Waals surface area contributed by atoms with E-state index in [4.69, 9.17) is 0 Å². The number of amides is 1. The van der Waals surface area contributed by atoms with Crippen LogP contribution >= 0.6 is 46.2 Å². The van der Waals surface area contributed by atoms with E-state index in [9.17, 15) is 4.79 Å². The first kappa shape index (κ1) is 14.8. The number of nitrogens with zero attached hydrogens (tertiary/aromatic N) is 3. The van der Waals surface area contributed by atoms with Crippen LogP contribution in [0.15, 0.2) is 26.2 Å². The van der Waals surface area contributed by atoms with E-state index in [2.05, 4.69) is 10.2 Å². The average molecular weight is 332 g/mol. The summed E-state index contributed by atoms with van der Waals surface area (Å²) in [4.78, 5) is 14.9. The fourth-order valence-electron chi connectivity index (χ4n) is 1.30. The number of hydrogen-bond donors (Lipinski definition) is 0. The second-order valence-electron chi connectivity index (χ2n) is 3.66. The van der Waals surface area contributed by atoms with Crippen LogP contribution in [0.5, 0.6) is 0 Å². The molecule has 8 heteroatoms. The minimum absolute atomic E-state index is 0.110. The van der Waals surface area contributed by atoms with Crippen molar-refractivity contribution in [2.24, 2.45) is 0 Å². The van der Waals surface area contributed by atoms with Gasteiger partial charge in [0.05, 0.1) is 12.3 Å². The SMILES string of the molecule is CSc1nnc(SCC(=O)N(C)Cc2cccs2)s1. The molecule has 102 valence electrons. The number of carbonyl (C=O) groups excluding carboxylic acids is 1. The molecule has 2 rings (SSSR count). The van der Waals surface area contributed by atoms with Gasteiger partial charge in [-0.15, -0.1) is 21.5 Å². The van der Waals surface area contributed by atoms with Crippen molar-refractivity contribution in [2.45, 2.75) is 15.2 Å². The van der Waals surface area contributed by atoms with Gasteiger partial charge in [-0.25, -0.2) is 0 Å². The van der Waals surface area contributed by atoms with E-state index >= 15 is 0 Å². The Balaban J connectivity index is 1.80. The zero-order chi connectivity index (χ0) is 13.7. The van der Waals surface area contributed by atoms with Crippen molar-refractivity contribution in [3.8, 4) is 0 Å². The van der Waals surface area contributed by atoms with Crippen molar-refractivity contribution < 1.29 is 4.79 Å². The first-order chi connectivity index (χ1) is 9.19. The van der Waals surface area contributed by atoms with Gasteiger partial charge in [-0.3, -0.25) is 4.79 Å². The van der Waals surface area contributed by atoms with Gasteiger partial charge in [0.15, 0.2) is 8.68 Å². The highest BCUT2D eigenvalue weighted by atomic mass is 32.2. The minimum Gasteiger partial charge on any atom is -0.340 e. The Kier molecular flexibility index (Phi) is 5.68. The summed E-state index contributed by atoms with van der Waals surface area (Å²) in [5.41, 5.74) is 0. The second kappa shape index (κ2) is 7.28. The summed E-state index contributed by atoms with van der Waals surface area (Å²) in [7, 11) is 1.83. The molecule has 19 heavy (non-hydrogen) atoms. The summed E-state index contributed by atoms with van der Waals surface area (Å²) in [6, 6.07) is 4.04. The lowest BCUT2D eigenvalue weighted by Crippen LogP contribution is -2.27. The Bertz CT molecular complexity index is 526. The lowest BCUT2D eigenvalue weighted by Gasteiger charge is -2.15. The summed E-state index contributed by atoms with van der Waals surface area (Å²) in [5.74, 6) is 0.518. The third kappa shape index (κ3) is 4.48. The van der Waals surface area contributed by atoms with Gasteiger partial charge in [-0.1, -0.05) is 40.9 Å². The van der Waals surface area contributed by atoms with Gasteiger partial charge in [0.2, 0.25) is 5.91 Å². The molecule has 0 aromatic carbocycles. The molecule has 0 aliphatic rings. The number of thioether (sulfide) groups is 2. The molecular formula is C11H13N3OS4. The van der Waals surface area contributed by atoms with Crippen LogP contribution in [-0.2, 0) is 11.3 Å². The molecule has 0 radical (unpaired) electrons. The van der Waals surface area contributed by atoms with Gasteiger partial charge >= 0.3 is 0 Å². The van der Waals surface area contributed by atoms with Crippen LogP contribution in [0.25, 0.3) is 0 Å². The highest BCUT2D eigenvalue weighted by Crippen LogP contribution is 2.27. The van der Waals surface area contributed by atoms with Gasteiger partial charge in [0.1, 0.15) is 0 Å². The Morgan fingerprint density at radius 3 is 2.84 bits per heavy atom. The molecule has 1 amide bonds. The van der Waals surface area contributed by atoms with E-state index in [0.29, 0.717) is 12.3 Å². The molecule has 0 aliphatic heterocycles. The monoisotopic (exact) mass is 331 g/mol. The zero-order valence-electron chi connectivity index (χ0n) is 10.5. The van der Waals surface area contributed by atoms with E-state index in [1.165, 1.54) is 28.0 Å². The van der Waals surface area contributed by atoms with E-state index in [1.54, 1.807) is 28.0 Å². The molecule has 4 nitrogen and oxygen atoms in total. The van der Waals surface area contributed by atoms with Crippen LogP contribution in [0.3, 0.4) is 0 Å². The largest absolute Gasteiger partial charge is 0.340 e. The first-order valence-corrected chi connectivity index (χ1v) is 9.36. The van der Waals surface area contributed by atoms with Crippen molar-refractivity contribution >= 4 is 52.1 Å². The predicted molar refractivity (Wildman–Crippen MR) is 83.2 cm³/mol. The summed E-state index contributed by atoms with van der Waals surface area (Å²) in [6.07, 6.45) is 1.97. The maximum atomic E-state index is 12.0. The smallest absolute Gasteiger partial charge is 0.233 e. The molecule has 0 bridgehead atoms. The Hall–Kier alpha value is -0.570. The summed E-state index contributed by atoms with van der Waals surface area (Å²) >= 11 is 6.21. The number of hydrogen-bond acceptors (Lipinski definition) is 7. The van der Waals surface area contributed by atoms with Crippen molar-refractivity contribution in [3.05, 3.63) is 22.4 Å². The topological polar surface area (TPSA) is 46.1 Å². The van der Waals surface area contributed by atoms with Crippen LogP contribution in [0.2, 0.25) is 0 Å². The Labute approximate surface area is 128 Å². The highest BCUT2D eigenvalue weighted by molar-refractivity contribution is 8.03. The molecule has 0 saturated carbocycles. The normalized spacial score (nSPS) is 10.6. The maximum Gasteiger partial charge on any atom is 0.233 e. The quantitative estimate of drug-likeness (QED) is 0.761. The second-order valence-corrected chi connectivity index (χ2v) is 7.94. The van der Waals surface area contributed by atoms with Gasteiger partial charge in [-0.05, 0) is 17.7 Å². The fourth-order valence-corrected chi connectivity index (χ4v) is 4.43. The molecule has 0 atom stereocenters. The number of rotatable bonds is 6. The Morgan fingerprint density at radius 1 is 1.42 bits per heavy atom. The highest BCUT2D eigenvalue weighted by Gasteiger charge is 2.12. The molecule has 0 spiro atoms. The fraction of sp³-hybridized carbons (Fsp3) is 0.364. The average Bonchev–Trinajstić information content (AvgIpc) is 3.06. The van der Waals surface area contributed by atoms with Crippen molar-refractivity contribution in [2.75, 3.05) is 19.1 Å². The number of aromatic nitrogens is 2. The van der Waals surface area contributed by atoms with Gasteiger partial charge in [0.25, 0.3) is 0 Å². The molecule has 0 aliphatic carbocycles. The zero-order valence-corrected chi connectivity index (χ0v) is 13.8. The summed E-state index contributed by atoms with van der Waals surface area (Å²) in [6.45, 7) is 0.670. The van der Waals surface area contributed by atoms with Gasteiger partial charge in [-0.2, -0.15) is 0 Å². The van der Waals surface area contributed by atoms with E-state index < -0.39 is 0 Å². The van der Waals surface area contributed by atoms with Crippen molar-refractivity contribution in [1.82, 2.24) is 15.1 Å². The molecule has 0 N–H and O–H groups in total. The lowest BCUT2D eigenvalue weighted by molar-refractivity contribution is -0.127. The molecular weight excluding hydrogens is 318 g/mol. The number of carbonyl (C=O) groups is 1. The standard InChI is InChI=1S/C11H13N3OS4/c1-14(6-8-4-3-5-17-8)9(15)7-18-11-13-12-10(16-2)19-11/h3-5H,6-7H2,1-2H3. The van der Waals surface area contributed by atoms with E-state index in [0.717, 1.165) is 8.68 Å².